The van der Waals surface area contributed by atoms with E-state index in [0.717, 1.165) is 11.8 Å². The first-order valence-electron chi connectivity index (χ1n) is 4.01. The van der Waals surface area contributed by atoms with Crippen molar-refractivity contribution in [2.75, 3.05) is 20.2 Å². The molecule has 0 radical (unpaired) electrons. The first kappa shape index (κ1) is 10.3. The molecule has 0 atom stereocenters. The van der Waals surface area contributed by atoms with Crippen LogP contribution < -0.4 is 0 Å². The molecule has 1 saturated heterocycles. The highest BCUT2D eigenvalue weighted by Gasteiger charge is 2.26. The van der Waals surface area contributed by atoms with Crippen LogP contribution in [-0.4, -0.2) is 37.2 Å². The minimum absolute atomic E-state index is 0.405. The van der Waals surface area contributed by atoms with Gasteiger partial charge in [0.1, 0.15) is 0 Å². The fraction of sp³-hybridized carbons (Fsp3) is 0.333. The molecular formula is C9H11NO4. The molecule has 1 aliphatic heterocycles. The number of likely N-dealkylation sites (tertiary alicyclic amines) is 1. The lowest BCUT2D eigenvalue weighted by Gasteiger charge is -2.32. The third-order valence-electron chi connectivity index (χ3n) is 1.75. The van der Waals surface area contributed by atoms with Gasteiger partial charge in [0.05, 0.1) is 13.4 Å². The van der Waals surface area contributed by atoms with Crippen molar-refractivity contribution >= 4 is 12.1 Å². The normalized spacial score (nSPS) is 14.1. The third kappa shape index (κ3) is 2.35. The Bertz CT molecular complexity index is 287. The van der Waals surface area contributed by atoms with Gasteiger partial charge in [-0.25, -0.2) is 9.59 Å². The Labute approximate surface area is 81.6 Å². The minimum atomic E-state index is -0.456. The largest absolute Gasteiger partial charge is 0.466 e. The summed E-state index contributed by atoms with van der Waals surface area (Å²) >= 11 is 0. The first-order valence-corrected chi connectivity index (χ1v) is 4.01. The number of ether oxygens (including phenoxy) is 2. The number of hydrogen-bond donors (Lipinski definition) is 0. The standard InChI is InChI=1S/C9H11NO4/c1-3-14-9(12)10-5-7(6-10)4-8(11)13-2/h3-4H,1,5-6H2,2H3. The van der Waals surface area contributed by atoms with E-state index >= 15 is 0 Å². The van der Waals surface area contributed by atoms with Crippen molar-refractivity contribution in [2.45, 2.75) is 0 Å². The summed E-state index contributed by atoms with van der Waals surface area (Å²) in [6.07, 6.45) is 1.99. The highest BCUT2D eigenvalue weighted by molar-refractivity contribution is 5.84. The Morgan fingerprint density at radius 2 is 2.14 bits per heavy atom. The van der Waals surface area contributed by atoms with E-state index in [1.165, 1.54) is 18.1 Å². The molecule has 76 valence electrons. The Kier molecular flexibility index (Phi) is 3.28. The molecule has 5 heteroatoms. The summed E-state index contributed by atoms with van der Waals surface area (Å²) in [4.78, 5) is 23.2. The van der Waals surface area contributed by atoms with Gasteiger partial charge in [0, 0.05) is 19.2 Å². The average molecular weight is 197 g/mol. The van der Waals surface area contributed by atoms with Gasteiger partial charge in [-0.1, -0.05) is 6.58 Å². The van der Waals surface area contributed by atoms with Crippen molar-refractivity contribution in [3.8, 4) is 0 Å². The maximum atomic E-state index is 11.0. The quantitative estimate of drug-likeness (QED) is 0.371. The van der Waals surface area contributed by atoms with E-state index in [9.17, 15) is 9.59 Å². The van der Waals surface area contributed by atoms with Crippen LogP contribution >= 0.6 is 0 Å². The fourth-order valence-corrected chi connectivity index (χ4v) is 1.04. The van der Waals surface area contributed by atoms with E-state index in [4.69, 9.17) is 0 Å². The number of amides is 1. The Hall–Kier alpha value is -1.78. The molecule has 1 heterocycles. The lowest BCUT2D eigenvalue weighted by atomic mass is 10.1. The van der Waals surface area contributed by atoms with Gasteiger partial charge >= 0.3 is 12.1 Å². The summed E-state index contributed by atoms with van der Waals surface area (Å²) in [6, 6.07) is 0. The van der Waals surface area contributed by atoms with Crippen LogP contribution in [-0.2, 0) is 14.3 Å². The van der Waals surface area contributed by atoms with Gasteiger partial charge in [0.2, 0.25) is 0 Å². The molecule has 1 aliphatic rings. The maximum Gasteiger partial charge on any atom is 0.415 e. The smallest absolute Gasteiger partial charge is 0.415 e. The summed E-state index contributed by atoms with van der Waals surface area (Å²) in [5, 5.41) is 0. The van der Waals surface area contributed by atoms with E-state index in [0.29, 0.717) is 13.1 Å². The van der Waals surface area contributed by atoms with Crippen molar-refractivity contribution in [3.05, 3.63) is 24.5 Å². The highest BCUT2D eigenvalue weighted by atomic mass is 16.5. The van der Waals surface area contributed by atoms with Crippen molar-refractivity contribution in [2.24, 2.45) is 0 Å². The van der Waals surface area contributed by atoms with Crippen LogP contribution in [0.2, 0.25) is 0 Å². The zero-order valence-electron chi connectivity index (χ0n) is 7.86. The van der Waals surface area contributed by atoms with Crippen LogP contribution in [0, 0.1) is 0 Å². The van der Waals surface area contributed by atoms with Crippen molar-refractivity contribution in [1.29, 1.82) is 0 Å². The van der Waals surface area contributed by atoms with E-state index < -0.39 is 12.1 Å². The first-order chi connectivity index (χ1) is 6.67. The van der Waals surface area contributed by atoms with Crippen LogP contribution in [0.5, 0.6) is 0 Å². The molecule has 0 unspecified atom stereocenters. The molecule has 0 saturated carbocycles. The van der Waals surface area contributed by atoms with Crippen LogP contribution in [0.3, 0.4) is 0 Å². The van der Waals surface area contributed by atoms with Gasteiger partial charge in [-0.2, -0.15) is 0 Å². The zero-order chi connectivity index (χ0) is 10.6. The molecule has 14 heavy (non-hydrogen) atoms. The predicted molar refractivity (Wildman–Crippen MR) is 48.4 cm³/mol. The van der Waals surface area contributed by atoms with Gasteiger partial charge in [0.15, 0.2) is 0 Å². The Morgan fingerprint density at radius 3 is 2.64 bits per heavy atom. The van der Waals surface area contributed by atoms with E-state index in [2.05, 4.69) is 16.1 Å². The Balaban J connectivity index is 2.36. The van der Waals surface area contributed by atoms with Crippen molar-refractivity contribution < 1.29 is 19.1 Å². The van der Waals surface area contributed by atoms with Gasteiger partial charge < -0.3 is 9.47 Å². The van der Waals surface area contributed by atoms with Gasteiger partial charge in [-0.15, -0.1) is 0 Å². The van der Waals surface area contributed by atoms with E-state index in [1.807, 2.05) is 0 Å². The summed E-state index contributed by atoms with van der Waals surface area (Å²) in [5.74, 6) is -0.406. The van der Waals surface area contributed by atoms with Crippen LogP contribution in [0.1, 0.15) is 0 Å². The SMILES string of the molecule is C=COC(=O)N1CC(=CC(=O)OC)C1. The highest BCUT2D eigenvalue weighted by Crippen LogP contribution is 2.15. The molecule has 0 aromatic carbocycles. The molecule has 0 bridgehead atoms. The van der Waals surface area contributed by atoms with Gasteiger partial charge in [-0.3, -0.25) is 4.90 Å². The summed E-state index contributed by atoms with van der Waals surface area (Å²) in [7, 11) is 1.31. The lowest BCUT2D eigenvalue weighted by Crippen LogP contribution is -2.44. The average Bonchev–Trinajstić information content (AvgIpc) is 2.10. The molecule has 1 fully saturated rings. The molecule has 0 spiro atoms. The van der Waals surface area contributed by atoms with E-state index in [-0.39, 0.29) is 0 Å². The Morgan fingerprint density at radius 1 is 1.50 bits per heavy atom. The number of methoxy groups -OCH3 is 1. The van der Waals surface area contributed by atoms with Crippen LogP contribution in [0.4, 0.5) is 4.79 Å². The fourth-order valence-electron chi connectivity index (χ4n) is 1.04. The number of carbonyl (C=O) groups excluding carboxylic acids is 2. The molecule has 5 nitrogen and oxygen atoms in total. The minimum Gasteiger partial charge on any atom is -0.466 e. The predicted octanol–water partition coefficient (Wildman–Crippen LogP) is 0.681. The molecule has 1 amide bonds. The maximum absolute atomic E-state index is 11.0. The number of nitrogens with zero attached hydrogens (tertiary/aromatic N) is 1. The van der Waals surface area contributed by atoms with Crippen molar-refractivity contribution in [3.63, 3.8) is 0 Å². The molecule has 0 aromatic heterocycles. The number of carbonyl (C=O) groups is 2. The van der Waals surface area contributed by atoms with Crippen molar-refractivity contribution in [1.82, 2.24) is 4.90 Å². The van der Waals surface area contributed by atoms with Gasteiger partial charge in [0.25, 0.3) is 0 Å². The van der Waals surface area contributed by atoms with Crippen LogP contribution in [0.15, 0.2) is 24.5 Å². The van der Waals surface area contributed by atoms with Crippen LogP contribution in [0.25, 0.3) is 0 Å². The molecule has 0 aromatic rings. The summed E-state index contributed by atoms with van der Waals surface area (Å²) < 4.78 is 8.97. The second-order valence-electron chi connectivity index (χ2n) is 2.73. The number of rotatable bonds is 2. The summed E-state index contributed by atoms with van der Waals surface area (Å²) in [6.45, 7) is 4.07. The molecule has 0 N–H and O–H groups in total. The number of esters is 1. The number of hydrogen-bond acceptors (Lipinski definition) is 4. The third-order valence-corrected chi connectivity index (χ3v) is 1.75. The lowest BCUT2D eigenvalue weighted by molar-refractivity contribution is -0.135. The second-order valence-corrected chi connectivity index (χ2v) is 2.73. The molecule has 1 rings (SSSR count). The topological polar surface area (TPSA) is 55.8 Å². The molecular weight excluding hydrogens is 186 g/mol. The monoisotopic (exact) mass is 197 g/mol. The van der Waals surface area contributed by atoms with E-state index in [1.54, 1.807) is 0 Å². The molecule has 0 aliphatic carbocycles. The van der Waals surface area contributed by atoms with Gasteiger partial charge in [-0.05, 0) is 5.57 Å². The summed E-state index contributed by atoms with van der Waals surface area (Å²) in [5.41, 5.74) is 0.845. The second kappa shape index (κ2) is 4.45. The zero-order valence-corrected chi connectivity index (χ0v) is 7.86.